The summed E-state index contributed by atoms with van der Waals surface area (Å²) in [5, 5.41) is 8.55. The third-order valence-corrected chi connectivity index (χ3v) is 8.68. The molecule has 0 aliphatic carbocycles. The molecule has 0 aliphatic rings. The summed E-state index contributed by atoms with van der Waals surface area (Å²) in [6.45, 7) is 4.55. The first-order valence-electron chi connectivity index (χ1n) is 19.7. The number of carboxylic acid groups (broad SMARTS) is 1. The minimum absolute atomic E-state index is 0.153. The van der Waals surface area contributed by atoms with Crippen LogP contribution in [0.15, 0.2) is 12.2 Å². The second kappa shape index (κ2) is 41.7. The number of nitrogens with two attached hydrogens (primary N) is 1. The van der Waals surface area contributed by atoms with Gasteiger partial charge in [-0.05, 0) is 38.5 Å². The first-order chi connectivity index (χ1) is 21.5. The van der Waals surface area contributed by atoms with E-state index in [0.29, 0.717) is 12.8 Å². The van der Waals surface area contributed by atoms with Crippen molar-refractivity contribution >= 4 is 11.9 Å². The maximum atomic E-state index is 10.6. The van der Waals surface area contributed by atoms with Crippen LogP contribution >= 0.6 is 0 Å². The van der Waals surface area contributed by atoms with Gasteiger partial charge in [-0.15, -0.1) is 0 Å². The number of hydrogen-bond acceptors (Lipinski definition) is 2. The van der Waals surface area contributed by atoms with Gasteiger partial charge in [0.15, 0.2) is 0 Å². The molecule has 0 aromatic rings. The maximum Gasteiger partial charge on any atom is 0.303 e. The topological polar surface area (TPSA) is 80.4 Å². The van der Waals surface area contributed by atoms with Gasteiger partial charge in [0, 0.05) is 12.8 Å². The Bertz CT molecular complexity index is 589. The molecular weight excluding hydrogens is 542 g/mol. The number of rotatable bonds is 35. The van der Waals surface area contributed by atoms with Crippen molar-refractivity contribution in [3.8, 4) is 0 Å². The quantitative estimate of drug-likeness (QED) is 0.0545. The van der Waals surface area contributed by atoms with Gasteiger partial charge in [0.2, 0.25) is 5.91 Å². The van der Waals surface area contributed by atoms with E-state index in [4.69, 9.17) is 10.8 Å². The maximum absolute atomic E-state index is 10.6. The first-order valence-corrected chi connectivity index (χ1v) is 19.7. The zero-order chi connectivity index (χ0) is 32.6. The fourth-order valence-corrected chi connectivity index (χ4v) is 5.72. The summed E-state index contributed by atoms with van der Waals surface area (Å²) >= 11 is 0. The molecule has 0 aromatic carbocycles. The number of hydrogen-bond donors (Lipinski definition) is 2. The summed E-state index contributed by atoms with van der Waals surface area (Å²) in [7, 11) is 0. The van der Waals surface area contributed by atoms with E-state index in [1.165, 1.54) is 186 Å². The molecule has 1 amide bonds. The standard InChI is InChI=1S/C22H42O2.C18H37NO/c1-2-3-4-5-6-7-8-9-10-11-12-13-14-15-16-17-18-19-20-21-22(23)24;1-2-3-4-5-6-7-8-9-10-11-12-13-14-15-16-17-18(19)20/h9-10H,2-8,11-21H2,1H3,(H,23,24);2-17H2,1H3,(H2,19,20)/b10-9-;. The lowest BCUT2D eigenvalue weighted by atomic mass is 10.0. The Balaban J connectivity index is 0. The lowest BCUT2D eigenvalue weighted by Gasteiger charge is -2.03. The zero-order valence-corrected chi connectivity index (χ0v) is 30.0. The van der Waals surface area contributed by atoms with Crippen LogP contribution in [0.1, 0.15) is 232 Å². The van der Waals surface area contributed by atoms with Crippen LogP contribution in [0.2, 0.25) is 0 Å². The van der Waals surface area contributed by atoms with Crippen molar-refractivity contribution in [3.63, 3.8) is 0 Å². The van der Waals surface area contributed by atoms with Crippen molar-refractivity contribution in [2.24, 2.45) is 5.73 Å². The highest BCUT2D eigenvalue weighted by atomic mass is 16.4. The second-order valence-electron chi connectivity index (χ2n) is 13.3. The molecule has 0 aromatic heterocycles. The Morgan fingerprint density at radius 1 is 0.409 bits per heavy atom. The normalized spacial score (nSPS) is 11.1. The average Bonchev–Trinajstić information content (AvgIpc) is 3.00. The van der Waals surface area contributed by atoms with Gasteiger partial charge < -0.3 is 10.8 Å². The second-order valence-corrected chi connectivity index (χ2v) is 13.3. The van der Waals surface area contributed by atoms with Gasteiger partial charge in [-0.2, -0.15) is 0 Å². The Hall–Kier alpha value is -1.32. The van der Waals surface area contributed by atoms with Gasteiger partial charge >= 0.3 is 5.97 Å². The van der Waals surface area contributed by atoms with Gasteiger partial charge in [0.05, 0.1) is 0 Å². The summed E-state index contributed by atoms with van der Waals surface area (Å²) < 4.78 is 0. The van der Waals surface area contributed by atoms with Crippen LogP contribution in [-0.4, -0.2) is 17.0 Å². The molecule has 0 heterocycles. The predicted molar refractivity (Wildman–Crippen MR) is 194 cm³/mol. The lowest BCUT2D eigenvalue weighted by Crippen LogP contribution is -2.09. The predicted octanol–water partition coefficient (Wildman–Crippen LogP) is 13.4. The van der Waals surface area contributed by atoms with Crippen LogP contribution in [0.4, 0.5) is 0 Å². The summed E-state index contributed by atoms with van der Waals surface area (Å²) in [5.41, 5.74) is 5.11. The van der Waals surface area contributed by atoms with Gasteiger partial charge in [-0.1, -0.05) is 193 Å². The van der Waals surface area contributed by atoms with Crippen molar-refractivity contribution < 1.29 is 14.7 Å². The third kappa shape index (κ3) is 47.6. The van der Waals surface area contributed by atoms with Gasteiger partial charge in [-0.25, -0.2) is 0 Å². The van der Waals surface area contributed by atoms with E-state index in [9.17, 15) is 9.59 Å². The number of aliphatic carboxylic acids is 1. The molecule has 262 valence electrons. The van der Waals surface area contributed by atoms with E-state index in [1.54, 1.807) is 0 Å². The van der Waals surface area contributed by atoms with E-state index in [1.807, 2.05) is 0 Å². The largest absolute Gasteiger partial charge is 0.481 e. The molecule has 0 radical (unpaired) electrons. The number of unbranched alkanes of at least 4 members (excludes halogenated alkanes) is 29. The molecule has 0 aliphatic heterocycles. The molecule has 44 heavy (non-hydrogen) atoms. The fourth-order valence-electron chi connectivity index (χ4n) is 5.72. The van der Waals surface area contributed by atoms with Crippen LogP contribution < -0.4 is 5.73 Å². The molecule has 0 atom stereocenters. The number of carbonyl (C=O) groups excluding carboxylic acids is 1. The minimum Gasteiger partial charge on any atom is -0.481 e. The van der Waals surface area contributed by atoms with Gasteiger partial charge in [-0.3, -0.25) is 9.59 Å². The summed E-state index contributed by atoms with van der Waals surface area (Å²) in [6.07, 6.45) is 48.0. The number of carbonyl (C=O) groups is 2. The molecular formula is C40H79NO3. The SMILES string of the molecule is CCCCCCCC/C=C\CCCCCCCCCCCC(=O)O.CCCCCCCCCCCCCCCCCC(N)=O. The number of amides is 1. The van der Waals surface area contributed by atoms with Crippen LogP contribution in [0, 0.1) is 0 Å². The van der Waals surface area contributed by atoms with E-state index in [0.717, 1.165) is 19.3 Å². The minimum atomic E-state index is -0.656. The Labute approximate surface area is 276 Å². The van der Waals surface area contributed by atoms with Gasteiger partial charge in [0.1, 0.15) is 0 Å². The van der Waals surface area contributed by atoms with Crippen molar-refractivity contribution in [2.75, 3.05) is 0 Å². The van der Waals surface area contributed by atoms with Crippen molar-refractivity contribution in [3.05, 3.63) is 12.2 Å². The number of primary amides is 1. The monoisotopic (exact) mass is 622 g/mol. The zero-order valence-electron chi connectivity index (χ0n) is 30.0. The molecule has 0 saturated heterocycles. The highest BCUT2D eigenvalue weighted by Gasteiger charge is 1.98. The molecule has 0 spiro atoms. The van der Waals surface area contributed by atoms with Crippen molar-refractivity contribution in [1.82, 2.24) is 0 Å². The average molecular weight is 622 g/mol. The molecule has 4 nitrogen and oxygen atoms in total. The number of allylic oxidation sites excluding steroid dienone is 2. The van der Waals surface area contributed by atoms with Crippen molar-refractivity contribution in [2.45, 2.75) is 232 Å². The Kier molecular flexibility index (Phi) is 42.4. The van der Waals surface area contributed by atoms with Crippen LogP contribution in [-0.2, 0) is 9.59 Å². The Morgan fingerprint density at radius 2 is 0.659 bits per heavy atom. The molecule has 4 heteroatoms. The van der Waals surface area contributed by atoms with Crippen molar-refractivity contribution in [1.29, 1.82) is 0 Å². The van der Waals surface area contributed by atoms with E-state index < -0.39 is 5.97 Å². The highest BCUT2D eigenvalue weighted by Crippen LogP contribution is 2.14. The van der Waals surface area contributed by atoms with E-state index in [-0.39, 0.29) is 5.91 Å². The lowest BCUT2D eigenvalue weighted by molar-refractivity contribution is -0.137. The summed E-state index contributed by atoms with van der Waals surface area (Å²) in [4.78, 5) is 20.9. The van der Waals surface area contributed by atoms with Gasteiger partial charge in [0.25, 0.3) is 0 Å². The van der Waals surface area contributed by atoms with E-state index in [2.05, 4.69) is 26.0 Å². The molecule has 3 N–H and O–H groups in total. The molecule has 0 bridgehead atoms. The van der Waals surface area contributed by atoms with Crippen LogP contribution in [0.5, 0.6) is 0 Å². The highest BCUT2D eigenvalue weighted by molar-refractivity contribution is 5.73. The first kappa shape index (κ1) is 44.8. The Morgan fingerprint density at radius 3 is 0.932 bits per heavy atom. The van der Waals surface area contributed by atoms with E-state index >= 15 is 0 Å². The summed E-state index contributed by atoms with van der Waals surface area (Å²) in [5.74, 6) is -0.810. The van der Waals surface area contributed by atoms with Crippen LogP contribution in [0.25, 0.3) is 0 Å². The molecule has 0 fully saturated rings. The fraction of sp³-hybridized carbons (Fsp3) is 0.900. The molecule has 0 unspecified atom stereocenters. The summed E-state index contributed by atoms with van der Waals surface area (Å²) in [6, 6.07) is 0. The smallest absolute Gasteiger partial charge is 0.303 e. The third-order valence-electron chi connectivity index (χ3n) is 8.68. The molecule has 0 rings (SSSR count). The number of carboxylic acids is 1. The van der Waals surface area contributed by atoms with Crippen LogP contribution in [0.3, 0.4) is 0 Å². The molecule has 0 saturated carbocycles.